The Morgan fingerprint density at radius 3 is 2.44 bits per heavy atom. The number of nitrogens with zero attached hydrogens (tertiary/aromatic N) is 2. The SMILES string of the molecule is O=C(CN1CCN(Cc2ccsc2)CC1)NCCc1ccc(F)cc1. The number of piperazine rings is 1. The lowest BCUT2D eigenvalue weighted by molar-refractivity contribution is -0.122. The van der Waals surface area contributed by atoms with E-state index in [-0.39, 0.29) is 11.7 Å². The molecule has 0 atom stereocenters. The van der Waals surface area contributed by atoms with E-state index >= 15 is 0 Å². The normalized spacial score (nSPS) is 16.0. The number of hydrogen-bond acceptors (Lipinski definition) is 4. The fourth-order valence-corrected chi connectivity index (χ4v) is 3.66. The van der Waals surface area contributed by atoms with E-state index in [1.54, 1.807) is 23.5 Å². The Morgan fingerprint density at radius 2 is 1.76 bits per heavy atom. The van der Waals surface area contributed by atoms with Gasteiger partial charge in [-0.15, -0.1) is 0 Å². The summed E-state index contributed by atoms with van der Waals surface area (Å²) in [5.41, 5.74) is 2.40. The molecule has 1 N–H and O–H groups in total. The Morgan fingerprint density at radius 1 is 1.04 bits per heavy atom. The molecule has 0 spiro atoms. The zero-order chi connectivity index (χ0) is 17.5. The third-order valence-electron chi connectivity index (χ3n) is 4.47. The highest BCUT2D eigenvalue weighted by molar-refractivity contribution is 7.07. The van der Waals surface area contributed by atoms with Crippen LogP contribution < -0.4 is 5.32 Å². The molecule has 134 valence electrons. The summed E-state index contributed by atoms with van der Waals surface area (Å²) in [6.07, 6.45) is 0.723. The molecule has 0 bridgehead atoms. The molecule has 0 saturated carbocycles. The Bertz CT molecular complexity index is 652. The van der Waals surface area contributed by atoms with E-state index in [0.29, 0.717) is 13.1 Å². The molecule has 1 aliphatic heterocycles. The molecular weight excluding hydrogens is 337 g/mol. The molecule has 0 radical (unpaired) electrons. The summed E-state index contributed by atoms with van der Waals surface area (Å²) >= 11 is 1.74. The lowest BCUT2D eigenvalue weighted by atomic mass is 10.1. The zero-order valence-corrected chi connectivity index (χ0v) is 15.1. The van der Waals surface area contributed by atoms with E-state index < -0.39 is 0 Å². The smallest absolute Gasteiger partial charge is 0.234 e. The van der Waals surface area contributed by atoms with Crippen LogP contribution in [0.1, 0.15) is 11.1 Å². The van der Waals surface area contributed by atoms with Gasteiger partial charge in [0.2, 0.25) is 5.91 Å². The summed E-state index contributed by atoms with van der Waals surface area (Å²) in [7, 11) is 0. The molecule has 1 saturated heterocycles. The third-order valence-corrected chi connectivity index (χ3v) is 5.20. The fourth-order valence-electron chi connectivity index (χ4n) is 3.00. The van der Waals surface area contributed by atoms with Gasteiger partial charge in [-0.1, -0.05) is 12.1 Å². The first-order valence-corrected chi connectivity index (χ1v) is 9.60. The first-order chi connectivity index (χ1) is 12.2. The Hall–Kier alpha value is -1.76. The second kappa shape index (κ2) is 9.08. The molecule has 4 nitrogen and oxygen atoms in total. The largest absolute Gasteiger partial charge is 0.355 e. The van der Waals surface area contributed by atoms with Crippen LogP contribution in [0.5, 0.6) is 0 Å². The van der Waals surface area contributed by atoms with Crippen LogP contribution in [0.4, 0.5) is 4.39 Å². The van der Waals surface area contributed by atoms with Crippen LogP contribution in [0.15, 0.2) is 41.1 Å². The molecule has 1 aliphatic rings. The second-order valence-corrected chi connectivity index (χ2v) is 7.19. The van der Waals surface area contributed by atoms with Crippen molar-refractivity contribution in [2.75, 3.05) is 39.3 Å². The fraction of sp³-hybridized carbons (Fsp3) is 0.421. The standard InChI is InChI=1S/C19H24FN3OS/c20-18-3-1-16(2-4-18)5-7-21-19(24)14-23-10-8-22(9-11-23)13-17-6-12-25-15-17/h1-4,6,12,15H,5,7-11,13-14H2,(H,21,24). The highest BCUT2D eigenvalue weighted by atomic mass is 32.1. The van der Waals surface area contributed by atoms with E-state index in [2.05, 4.69) is 31.9 Å². The van der Waals surface area contributed by atoms with Crippen LogP contribution in [0.3, 0.4) is 0 Å². The molecule has 0 aliphatic carbocycles. The average molecular weight is 361 g/mol. The number of nitrogens with one attached hydrogen (secondary N) is 1. The number of amides is 1. The number of rotatable bonds is 7. The summed E-state index contributed by atoms with van der Waals surface area (Å²) in [6.45, 7) is 5.89. The average Bonchev–Trinajstić information content (AvgIpc) is 3.11. The van der Waals surface area contributed by atoms with Crippen molar-refractivity contribution in [3.8, 4) is 0 Å². The van der Waals surface area contributed by atoms with E-state index in [1.165, 1.54) is 17.7 Å². The van der Waals surface area contributed by atoms with Crippen LogP contribution in [-0.4, -0.2) is 55.0 Å². The van der Waals surface area contributed by atoms with Gasteiger partial charge >= 0.3 is 0 Å². The number of halogens is 1. The highest BCUT2D eigenvalue weighted by Crippen LogP contribution is 2.11. The maximum absolute atomic E-state index is 12.9. The van der Waals surface area contributed by atoms with E-state index in [9.17, 15) is 9.18 Å². The van der Waals surface area contributed by atoms with Crippen molar-refractivity contribution in [3.63, 3.8) is 0 Å². The molecule has 2 aromatic rings. The summed E-state index contributed by atoms with van der Waals surface area (Å²) in [5, 5.41) is 7.26. The summed E-state index contributed by atoms with van der Waals surface area (Å²) in [5.74, 6) is -0.167. The molecule has 1 aromatic carbocycles. The quantitative estimate of drug-likeness (QED) is 0.822. The molecule has 1 fully saturated rings. The lowest BCUT2D eigenvalue weighted by Gasteiger charge is -2.34. The van der Waals surface area contributed by atoms with Gasteiger partial charge in [0.05, 0.1) is 6.54 Å². The van der Waals surface area contributed by atoms with Crippen LogP contribution in [0.2, 0.25) is 0 Å². The molecule has 25 heavy (non-hydrogen) atoms. The molecule has 0 unspecified atom stereocenters. The van der Waals surface area contributed by atoms with Crippen LogP contribution >= 0.6 is 11.3 Å². The number of benzene rings is 1. The topological polar surface area (TPSA) is 35.6 Å². The molecule has 6 heteroatoms. The van der Waals surface area contributed by atoms with E-state index in [1.807, 2.05) is 0 Å². The Kier molecular flexibility index (Phi) is 6.55. The minimum atomic E-state index is -0.231. The summed E-state index contributed by atoms with van der Waals surface area (Å²) < 4.78 is 12.9. The van der Waals surface area contributed by atoms with E-state index in [4.69, 9.17) is 0 Å². The van der Waals surface area contributed by atoms with Crippen LogP contribution in [0.25, 0.3) is 0 Å². The summed E-state index contributed by atoms with van der Waals surface area (Å²) in [6, 6.07) is 8.59. The highest BCUT2D eigenvalue weighted by Gasteiger charge is 2.18. The first kappa shape index (κ1) is 18.0. The van der Waals surface area contributed by atoms with Crippen LogP contribution in [-0.2, 0) is 17.8 Å². The molecule has 3 rings (SSSR count). The first-order valence-electron chi connectivity index (χ1n) is 8.66. The van der Waals surface area contributed by atoms with Gasteiger partial charge in [0.1, 0.15) is 5.82 Å². The van der Waals surface area contributed by atoms with Crippen molar-refractivity contribution in [1.82, 2.24) is 15.1 Å². The number of thiophene rings is 1. The second-order valence-electron chi connectivity index (χ2n) is 6.41. The van der Waals surface area contributed by atoms with Gasteiger partial charge < -0.3 is 5.32 Å². The predicted molar refractivity (Wildman–Crippen MR) is 99.1 cm³/mol. The van der Waals surface area contributed by atoms with Gasteiger partial charge in [0.15, 0.2) is 0 Å². The van der Waals surface area contributed by atoms with Gasteiger partial charge in [-0.2, -0.15) is 11.3 Å². The lowest BCUT2D eigenvalue weighted by Crippen LogP contribution is -2.49. The number of carbonyl (C=O) groups is 1. The number of hydrogen-bond donors (Lipinski definition) is 1. The van der Waals surface area contributed by atoms with Gasteiger partial charge in [0, 0.05) is 39.3 Å². The van der Waals surface area contributed by atoms with Crippen molar-refractivity contribution in [2.45, 2.75) is 13.0 Å². The monoisotopic (exact) mass is 361 g/mol. The third kappa shape index (κ3) is 5.92. The van der Waals surface area contributed by atoms with Crippen molar-refractivity contribution in [1.29, 1.82) is 0 Å². The van der Waals surface area contributed by atoms with Gasteiger partial charge in [-0.3, -0.25) is 14.6 Å². The Labute approximate surface area is 152 Å². The zero-order valence-electron chi connectivity index (χ0n) is 14.3. The van der Waals surface area contributed by atoms with Crippen LogP contribution in [0, 0.1) is 5.82 Å². The van der Waals surface area contributed by atoms with Crippen molar-refractivity contribution in [3.05, 3.63) is 58.0 Å². The van der Waals surface area contributed by atoms with Gasteiger partial charge in [-0.05, 0) is 46.5 Å². The maximum atomic E-state index is 12.9. The molecule has 1 amide bonds. The van der Waals surface area contributed by atoms with Crippen molar-refractivity contribution < 1.29 is 9.18 Å². The van der Waals surface area contributed by atoms with Crippen molar-refractivity contribution in [2.24, 2.45) is 0 Å². The molecule has 2 heterocycles. The summed E-state index contributed by atoms with van der Waals surface area (Å²) in [4.78, 5) is 16.7. The van der Waals surface area contributed by atoms with E-state index in [0.717, 1.165) is 44.7 Å². The predicted octanol–water partition coefficient (Wildman–Crippen LogP) is 2.36. The van der Waals surface area contributed by atoms with Crippen molar-refractivity contribution >= 4 is 17.2 Å². The molecule has 1 aromatic heterocycles. The minimum absolute atomic E-state index is 0.0633. The maximum Gasteiger partial charge on any atom is 0.234 e. The Balaban J connectivity index is 1.31. The number of carbonyl (C=O) groups excluding carboxylic acids is 1. The van der Waals surface area contributed by atoms with Gasteiger partial charge in [-0.25, -0.2) is 4.39 Å². The minimum Gasteiger partial charge on any atom is -0.355 e. The molecular formula is C19H24FN3OS. The van der Waals surface area contributed by atoms with Gasteiger partial charge in [0.25, 0.3) is 0 Å².